The fraction of sp³-hybridized carbons (Fsp3) is 0.217. The van der Waals surface area contributed by atoms with Crippen molar-refractivity contribution in [2.45, 2.75) is 12.7 Å². The Balaban J connectivity index is 1.42. The van der Waals surface area contributed by atoms with Gasteiger partial charge in [0.05, 0.1) is 13.2 Å². The summed E-state index contributed by atoms with van der Waals surface area (Å²) >= 11 is 5.86. The maximum absolute atomic E-state index is 12.8. The number of ether oxygens (including phenoxy) is 2. The molecule has 2 aromatic carbocycles. The summed E-state index contributed by atoms with van der Waals surface area (Å²) < 4.78 is 16.7. The average Bonchev–Trinajstić information content (AvgIpc) is 2.79. The van der Waals surface area contributed by atoms with E-state index >= 15 is 0 Å². The molecule has 30 heavy (non-hydrogen) atoms. The Bertz CT molecular complexity index is 1060. The van der Waals surface area contributed by atoms with E-state index < -0.39 is 5.43 Å². The van der Waals surface area contributed by atoms with E-state index in [2.05, 4.69) is 0 Å². The van der Waals surface area contributed by atoms with E-state index in [-0.39, 0.29) is 30.1 Å². The van der Waals surface area contributed by atoms with Crippen molar-refractivity contribution in [3.63, 3.8) is 0 Å². The highest BCUT2D eigenvalue weighted by Gasteiger charge is 2.27. The monoisotopic (exact) mass is 425 g/mol. The molecule has 1 aliphatic heterocycles. The number of halogens is 1. The maximum atomic E-state index is 12.8. The molecular formula is C23H20ClNO5. The first kappa shape index (κ1) is 20.2. The highest BCUT2D eigenvalue weighted by Crippen LogP contribution is 2.23. The van der Waals surface area contributed by atoms with E-state index in [1.54, 1.807) is 17.0 Å². The molecule has 0 aliphatic carbocycles. The molecule has 1 amide bonds. The zero-order valence-corrected chi connectivity index (χ0v) is 16.9. The molecule has 0 unspecified atom stereocenters. The van der Waals surface area contributed by atoms with Gasteiger partial charge in [0.25, 0.3) is 5.91 Å². The summed E-state index contributed by atoms with van der Waals surface area (Å²) in [5.74, 6) is -0.321. The number of amides is 1. The molecule has 4 rings (SSSR count). The van der Waals surface area contributed by atoms with E-state index in [0.717, 1.165) is 11.1 Å². The van der Waals surface area contributed by atoms with Crippen LogP contribution in [-0.2, 0) is 11.3 Å². The standard InChI is InChI=1S/C23H20ClNO5/c24-18-8-6-16(7-9-18)14-29-22-15-30-20(12-19(22)26)23(27)25-10-11-28-21(13-25)17-4-2-1-3-5-17/h1-9,12,15,21H,10-11,13-14H2/t21-/m1/s1. The van der Waals surface area contributed by atoms with E-state index in [4.69, 9.17) is 25.5 Å². The third-order valence-corrected chi connectivity index (χ3v) is 5.09. The molecule has 1 aliphatic rings. The van der Waals surface area contributed by atoms with E-state index in [1.807, 2.05) is 42.5 Å². The summed E-state index contributed by atoms with van der Waals surface area (Å²) in [5, 5.41) is 0.624. The Morgan fingerprint density at radius 3 is 2.63 bits per heavy atom. The fourth-order valence-corrected chi connectivity index (χ4v) is 3.34. The van der Waals surface area contributed by atoms with Crippen molar-refractivity contribution in [1.82, 2.24) is 4.90 Å². The normalized spacial score (nSPS) is 16.3. The van der Waals surface area contributed by atoms with Gasteiger partial charge in [-0.05, 0) is 23.3 Å². The summed E-state index contributed by atoms with van der Waals surface area (Å²) in [4.78, 5) is 26.9. The van der Waals surface area contributed by atoms with Crippen molar-refractivity contribution >= 4 is 17.5 Å². The van der Waals surface area contributed by atoms with Gasteiger partial charge in [0, 0.05) is 17.6 Å². The lowest BCUT2D eigenvalue weighted by molar-refractivity contribution is -0.0238. The van der Waals surface area contributed by atoms with Crippen LogP contribution in [0.3, 0.4) is 0 Å². The fourth-order valence-electron chi connectivity index (χ4n) is 3.22. The number of carbonyl (C=O) groups excluding carboxylic acids is 1. The number of hydrogen-bond acceptors (Lipinski definition) is 5. The molecule has 7 heteroatoms. The first-order valence-corrected chi connectivity index (χ1v) is 9.94. The number of morpholine rings is 1. The average molecular weight is 426 g/mol. The quantitative estimate of drug-likeness (QED) is 0.616. The molecule has 0 bridgehead atoms. The summed E-state index contributed by atoms with van der Waals surface area (Å²) in [6, 6.07) is 18.0. The summed E-state index contributed by atoms with van der Waals surface area (Å²) in [6.45, 7) is 1.43. The van der Waals surface area contributed by atoms with Gasteiger partial charge in [-0.25, -0.2) is 0 Å². The summed E-state index contributed by atoms with van der Waals surface area (Å²) in [5.41, 5.74) is 1.45. The third-order valence-electron chi connectivity index (χ3n) is 4.84. The minimum absolute atomic E-state index is 0.0208. The van der Waals surface area contributed by atoms with Gasteiger partial charge in [0.15, 0.2) is 5.76 Å². The first-order chi connectivity index (χ1) is 14.6. The zero-order chi connectivity index (χ0) is 20.9. The first-order valence-electron chi connectivity index (χ1n) is 9.56. The van der Waals surface area contributed by atoms with Gasteiger partial charge in [-0.15, -0.1) is 0 Å². The van der Waals surface area contributed by atoms with Crippen LogP contribution in [0, 0.1) is 0 Å². The molecule has 6 nitrogen and oxygen atoms in total. The topological polar surface area (TPSA) is 69.0 Å². The van der Waals surface area contributed by atoms with Crippen molar-refractivity contribution in [2.24, 2.45) is 0 Å². The van der Waals surface area contributed by atoms with Gasteiger partial charge in [0.1, 0.15) is 19.0 Å². The van der Waals surface area contributed by atoms with Gasteiger partial charge in [-0.3, -0.25) is 9.59 Å². The van der Waals surface area contributed by atoms with Crippen LogP contribution in [0.2, 0.25) is 5.02 Å². The molecule has 1 atom stereocenters. The summed E-state index contributed by atoms with van der Waals surface area (Å²) in [6.07, 6.45) is 0.971. The predicted molar refractivity (Wildman–Crippen MR) is 112 cm³/mol. The largest absolute Gasteiger partial charge is 0.482 e. The lowest BCUT2D eigenvalue weighted by Crippen LogP contribution is -2.42. The molecular weight excluding hydrogens is 406 g/mol. The number of rotatable bonds is 5. The van der Waals surface area contributed by atoms with E-state index in [1.165, 1.54) is 12.3 Å². The van der Waals surface area contributed by atoms with Crippen molar-refractivity contribution in [1.29, 1.82) is 0 Å². The Labute approximate surface area is 178 Å². The van der Waals surface area contributed by atoms with Crippen molar-refractivity contribution in [2.75, 3.05) is 19.7 Å². The van der Waals surface area contributed by atoms with Crippen molar-refractivity contribution < 1.29 is 18.7 Å². The molecule has 0 saturated carbocycles. The minimum Gasteiger partial charge on any atom is -0.482 e. The van der Waals surface area contributed by atoms with Crippen LogP contribution in [0.1, 0.15) is 27.8 Å². The van der Waals surface area contributed by atoms with Crippen LogP contribution in [-0.4, -0.2) is 30.5 Å². The Morgan fingerprint density at radius 1 is 1.13 bits per heavy atom. The second-order valence-corrected chi connectivity index (χ2v) is 7.35. The second kappa shape index (κ2) is 9.15. The van der Waals surface area contributed by atoms with Crippen LogP contribution < -0.4 is 10.2 Å². The molecule has 0 spiro atoms. The highest BCUT2D eigenvalue weighted by molar-refractivity contribution is 6.30. The van der Waals surface area contributed by atoms with E-state index in [0.29, 0.717) is 24.7 Å². The van der Waals surface area contributed by atoms with Gasteiger partial charge < -0.3 is 18.8 Å². The molecule has 1 aromatic heterocycles. The number of nitrogens with zero attached hydrogens (tertiary/aromatic N) is 1. The van der Waals surface area contributed by atoms with E-state index in [9.17, 15) is 9.59 Å². The summed E-state index contributed by atoms with van der Waals surface area (Å²) in [7, 11) is 0. The van der Waals surface area contributed by atoms with Gasteiger partial charge >= 0.3 is 0 Å². The van der Waals surface area contributed by atoms with Gasteiger partial charge in [0.2, 0.25) is 11.2 Å². The van der Waals surface area contributed by atoms with Gasteiger partial charge in [-0.2, -0.15) is 0 Å². The molecule has 0 N–H and O–H groups in total. The van der Waals surface area contributed by atoms with Crippen LogP contribution in [0.15, 0.2) is 76.1 Å². The van der Waals surface area contributed by atoms with Crippen LogP contribution in [0.25, 0.3) is 0 Å². The maximum Gasteiger partial charge on any atom is 0.289 e. The van der Waals surface area contributed by atoms with Gasteiger partial charge in [-0.1, -0.05) is 54.1 Å². The van der Waals surface area contributed by atoms with Crippen molar-refractivity contribution in [3.05, 3.63) is 99.1 Å². The Morgan fingerprint density at radius 2 is 1.90 bits per heavy atom. The van der Waals surface area contributed by atoms with Crippen LogP contribution in [0.4, 0.5) is 0 Å². The third kappa shape index (κ3) is 4.72. The smallest absolute Gasteiger partial charge is 0.289 e. The highest BCUT2D eigenvalue weighted by atomic mass is 35.5. The molecule has 0 radical (unpaired) electrons. The van der Waals surface area contributed by atoms with Crippen LogP contribution >= 0.6 is 11.6 Å². The molecule has 1 saturated heterocycles. The zero-order valence-electron chi connectivity index (χ0n) is 16.1. The van der Waals surface area contributed by atoms with Crippen LogP contribution in [0.5, 0.6) is 5.75 Å². The lowest BCUT2D eigenvalue weighted by Gasteiger charge is -2.32. The second-order valence-electron chi connectivity index (χ2n) is 6.91. The predicted octanol–water partition coefficient (Wildman–Crippen LogP) is 4.09. The number of benzene rings is 2. The minimum atomic E-state index is -0.411. The Kier molecular flexibility index (Phi) is 6.16. The lowest BCUT2D eigenvalue weighted by atomic mass is 10.1. The molecule has 3 aromatic rings. The molecule has 154 valence electrons. The SMILES string of the molecule is O=C(c1cc(=O)c(OCc2ccc(Cl)cc2)co1)N1CCO[C@@H](c2ccccc2)C1. The Hall–Kier alpha value is -3.09. The van der Waals surface area contributed by atoms with Crippen molar-refractivity contribution in [3.8, 4) is 5.75 Å². The number of hydrogen-bond donors (Lipinski definition) is 0. The molecule has 2 heterocycles. The molecule has 1 fully saturated rings. The number of carbonyl (C=O) groups is 1.